The van der Waals surface area contributed by atoms with Gasteiger partial charge in [0.15, 0.2) is 0 Å². The van der Waals surface area contributed by atoms with E-state index >= 15 is 0 Å². The van der Waals surface area contributed by atoms with Gasteiger partial charge in [0.05, 0.1) is 26.5 Å². The lowest BCUT2D eigenvalue weighted by Crippen LogP contribution is -2.35. The zero-order chi connectivity index (χ0) is 15.2. The van der Waals surface area contributed by atoms with Gasteiger partial charge in [0.25, 0.3) is 0 Å². The smallest absolute Gasteiger partial charge is 0.139 e. The molecule has 2 heterocycles. The van der Waals surface area contributed by atoms with Crippen molar-refractivity contribution in [2.24, 2.45) is 5.10 Å². The maximum Gasteiger partial charge on any atom is 0.139 e. The molecule has 1 saturated heterocycles. The molecule has 0 amide bonds. The van der Waals surface area contributed by atoms with E-state index in [0.717, 1.165) is 49.7 Å². The number of hydrogen-bond acceptors (Lipinski definition) is 6. The van der Waals surface area contributed by atoms with Crippen LogP contribution in [-0.2, 0) is 11.3 Å². The normalized spacial score (nSPS) is 16.2. The van der Waals surface area contributed by atoms with Crippen LogP contribution in [0.3, 0.4) is 0 Å². The van der Waals surface area contributed by atoms with Crippen LogP contribution in [-0.4, -0.2) is 59.4 Å². The molecule has 116 valence electrons. The molecular formula is C15H19N5O2. The molecule has 2 aromatic rings. The zero-order valence-corrected chi connectivity index (χ0v) is 12.6. The van der Waals surface area contributed by atoms with E-state index in [1.54, 1.807) is 19.7 Å². The molecule has 7 heteroatoms. The first-order valence-corrected chi connectivity index (χ1v) is 7.21. The number of morpholine rings is 1. The maximum absolute atomic E-state index is 5.46. The lowest BCUT2D eigenvalue weighted by atomic mass is 10.1. The van der Waals surface area contributed by atoms with Crippen molar-refractivity contribution in [3.05, 3.63) is 42.0 Å². The Morgan fingerprint density at radius 1 is 1.36 bits per heavy atom. The number of benzene rings is 1. The van der Waals surface area contributed by atoms with Gasteiger partial charge >= 0.3 is 0 Å². The molecule has 0 bridgehead atoms. The minimum Gasteiger partial charge on any atom is -0.496 e. The Morgan fingerprint density at radius 2 is 2.23 bits per heavy atom. The van der Waals surface area contributed by atoms with Gasteiger partial charge in [0, 0.05) is 25.2 Å². The van der Waals surface area contributed by atoms with Gasteiger partial charge in [-0.1, -0.05) is 0 Å². The molecular weight excluding hydrogens is 282 g/mol. The molecule has 0 unspecified atom stereocenters. The number of methoxy groups -OCH3 is 1. The van der Waals surface area contributed by atoms with Crippen LogP contribution in [0.2, 0.25) is 0 Å². The summed E-state index contributed by atoms with van der Waals surface area (Å²) in [7, 11) is 1.70. The van der Waals surface area contributed by atoms with Crippen molar-refractivity contribution >= 4 is 6.21 Å². The van der Waals surface area contributed by atoms with Gasteiger partial charge < -0.3 is 9.47 Å². The molecule has 3 rings (SSSR count). The van der Waals surface area contributed by atoms with Crippen LogP contribution in [0, 0.1) is 0 Å². The Balaban J connectivity index is 1.76. The van der Waals surface area contributed by atoms with E-state index in [2.05, 4.69) is 26.2 Å². The van der Waals surface area contributed by atoms with E-state index in [9.17, 15) is 0 Å². The predicted octanol–water partition coefficient (Wildman–Crippen LogP) is 1.00. The highest BCUT2D eigenvalue weighted by Gasteiger charge is 2.13. The fraction of sp³-hybridized carbons (Fsp3) is 0.400. The van der Waals surface area contributed by atoms with E-state index in [0.29, 0.717) is 0 Å². The van der Waals surface area contributed by atoms with E-state index in [-0.39, 0.29) is 0 Å². The highest BCUT2D eigenvalue weighted by Crippen LogP contribution is 2.21. The first kappa shape index (κ1) is 14.7. The van der Waals surface area contributed by atoms with Crippen LogP contribution in [0.25, 0.3) is 0 Å². The largest absolute Gasteiger partial charge is 0.496 e. The highest BCUT2D eigenvalue weighted by atomic mass is 16.5. The summed E-state index contributed by atoms with van der Waals surface area (Å²) in [4.78, 5) is 7.64. The van der Waals surface area contributed by atoms with Gasteiger partial charge in [0.2, 0.25) is 0 Å². The second-order valence-electron chi connectivity index (χ2n) is 5.02. The van der Waals surface area contributed by atoms with Crippen LogP contribution >= 0.6 is 0 Å². The summed E-state index contributed by atoms with van der Waals surface area (Å²) in [6.45, 7) is 4.31. The van der Waals surface area contributed by atoms with Crippen LogP contribution in [0.15, 0.2) is 36.0 Å². The van der Waals surface area contributed by atoms with E-state index < -0.39 is 0 Å². The summed E-state index contributed by atoms with van der Waals surface area (Å²) < 4.78 is 10.9. The third-order valence-electron chi connectivity index (χ3n) is 3.53. The van der Waals surface area contributed by atoms with Crippen molar-refractivity contribution in [3.63, 3.8) is 0 Å². The minimum atomic E-state index is 0.787. The molecule has 0 aliphatic carbocycles. The summed E-state index contributed by atoms with van der Waals surface area (Å²) in [6.07, 6.45) is 4.76. The molecule has 1 aliphatic heterocycles. The van der Waals surface area contributed by atoms with Crippen LogP contribution in [0.1, 0.15) is 11.1 Å². The molecule has 1 fully saturated rings. The van der Waals surface area contributed by atoms with Crippen LogP contribution < -0.4 is 4.74 Å². The monoisotopic (exact) mass is 301 g/mol. The standard InChI is InChI=1S/C15H19N5O2/c1-21-15-3-2-13(9-17-20-12-16-11-18-20)8-14(15)10-19-4-6-22-7-5-19/h2-3,8-9,11-12H,4-7,10H2,1H3. The number of aromatic nitrogens is 3. The van der Waals surface area contributed by atoms with E-state index in [1.165, 1.54) is 11.1 Å². The summed E-state index contributed by atoms with van der Waals surface area (Å²) >= 11 is 0. The Morgan fingerprint density at radius 3 is 2.95 bits per heavy atom. The fourth-order valence-corrected chi connectivity index (χ4v) is 2.39. The average Bonchev–Trinajstić information content (AvgIpc) is 3.08. The van der Waals surface area contributed by atoms with Gasteiger partial charge in [-0.05, 0) is 23.8 Å². The number of ether oxygens (including phenoxy) is 2. The first-order valence-electron chi connectivity index (χ1n) is 7.21. The third kappa shape index (κ3) is 3.69. The Labute approximate surface area is 129 Å². The van der Waals surface area contributed by atoms with Crippen molar-refractivity contribution in [1.82, 2.24) is 19.8 Å². The number of rotatable bonds is 5. The lowest BCUT2D eigenvalue weighted by Gasteiger charge is -2.27. The molecule has 0 spiro atoms. The van der Waals surface area contributed by atoms with Gasteiger partial charge in [-0.3, -0.25) is 4.90 Å². The lowest BCUT2D eigenvalue weighted by molar-refractivity contribution is 0.0339. The quantitative estimate of drug-likeness (QED) is 0.771. The molecule has 0 N–H and O–H groups in total. The highest BCUT2D eigenvalue weighted by molar-refractivity contribution is 5.80. The van der Waals surface area contributed by atoms with Gasteiger partial charge in [-0.2, -0.15) is 5.10 Å². The molecule has 22 heavy (non-hydrogen) atoms. The minimum absolute atomic E-state index is 0.787. The number of nitrogens with zero attached hydrogens (tertiary/aromatic N) is 5. The summed E-state index contributed by atoms with van der Waals surface area (Å²) in [5.74, 6) is 0.893. The Hall–Kier alpha value is -2.25. The maximum atomic E-state index is 5.46. The molecule has 1 aliphatic rings. The van der Waals surface area contributed by atoms with Crippen LogP contribution in [0.4, 0.5) is 0 Å². The SMILES string of the molecule is COc1ccc(C=Nn2cncn2)cc1CN1CCOCC1. The summed E-state index contributed by atoms with van der Waals surface area (Å²) in [6, 6.07) is 6.04. The first-order chi connectivity index (χ1) is 10.8. The molecule has 1 aromatic heterocycles. The topological polar surface area (TPSA) is 64.8 Å². The van der Waals surface area contributed by atoms with Crippen LogP contribution in [0.5, 0.6) is 5.75 Å². The Bertz CT molecular complexity index is 621. The molecule has 7 nitrogen and oxygen atoms in total. The average molecular weight is 301 g/mol. The molecule has 0 radical (unpaired) electrons. The van der Waals surface area contributed by atoms with Gasteiger partial charge in [0.1, 0.15) is 18.4 Å². The predicted molar refractivity (Wildman–Crippen MR) is 82.1 cm³/mol. The van der Waals surface area contributed by atoms with Gasteiger partial charge in [-0.25, -0.2) is 4.98 Å². The van der Waals surface area contributed by atoms with Crippen molar-refractivity contribution in [2.45, 2.75) is 6.54 Å². The summed E-state index contributed by atoms with van der Waals surface area (Å²) in [5.41, 5.74) is 2.14. The summed E-state index contributed by atoms with van der Waals surface area (Å²) in [5, 5.41) is 8.17. The fourth-order valence-electron chi connectivity index (χ4n) is 2.39. The Kier molecular flexibility index (Phi) is 4.77. The molecule has 0 saturated carbocycles. The van der Waals surface area contributed by atoms with E-state index in [1.807, 2.05) is 12.1 Å². The molecule has 0 atom stereocenters. The van der Waals surface area contributed by atoms with Crippen molar-refractivity contribution in [1.29, 1.82) is 0 Å². The second kappa shape index (κ2) is 7.15. The zero-order valence-electron chi connectivity index (χ0n) is 12.6. The van der Waals surface area contributed by atoms with Crippen molar-refractivity contribution in [3.8, 4) is 5.75 Å². The molecule has 1 aromatic carbocycles. The van der Waals surface area contributed by atoms with Gasteiger partial charge in [-0.15, -0.1) is 9.89 Å². The van der Waals surface area contributed by atoms with Crippen molar-refractivity contribution < 1.29 is 9.47 Å². The van der Waals surface area contributed by atoms with Crippen molar-refractivity contribution in [2.75, 3.05) is 33.4 Å². The number of hydrogen-bond donors (Lipinski definition) is 0. The van der Waals surface area contributed by atoms with E-state index in [4.69, 9.17) is 9.47 Å². The third-order valence-corrected chi connectivity index (χ3v) is 3.53. The second-order valence-corrected chi connectivity index (χ2v) is 5.02.